The fraction of sp³-hybridized carbons (Fsp3) is 0.455. The molecule has 1 nitrogen and oxygen atoms in total. The van der Waals surface area contributed by atoms with Gasteiger partial charge in [-0.2, -0.15) is 0 Å². The lowest BCUT2D eigenvalue weighted by atomic mass is 10.2. The summed E-state index contributed by atoms with van der Waals surface area (Å²) in [6.45, 7) is 2.12. The predicted octanol–water partition coefficient (Wildman–Crippen LogP) is 3.49. The van der Waals surface area contributed by atoms with E-state index < -0.39 is 10.8 Å². The van der Waals surface area contributed by atoms with Gasteiger partial charge in [-0.1, -0.05) is 41.4 Å². The highest BCUT2D eigenvalue weighted by molar-refractivity contribution is 9.08. The Morgan fingerprint density at radius 2 is 1.93 bits per heavy atom. The largest absolute Gasteiger partial charge is 0.254 e. The number of rotatable bonds is 5. The van der Waals surface area contributed by atoms with Crippen molar-refractivity contribution in [3.8, 4) is 0 Å². The van der Waals surface area contributed by atoms with E-state index in [1.54, 1.807) is 0 Å². The Hall–Kier alpha value is -0.150. The summed E-state index contributed by atoms with van der Waals surface area (Å²) in [5.41, 5.74) is 1.22. The van der Waals surface area contributed by atoms with E-state index in [-0.39, 0.29) is 0 Å². The van der Waals surface area contributed by atoms with E-state index >= 15 is 0 Å². The van der Waals surface area contributed by atoms with Crippen LogP contribution in [0.4, 0.5) is 0 Å². The smallest absolute Gasteiger partial charge is 0.0529 e. The first-order chi connectivity index (χ1) is 6.77. The third kappa shape index (κ3) is 3.54. The molecular weight excluding hydrogens is 260 g/mol. The van der Waals surface area contributed by atoms with E-state index in [9.17, 15) is 4.21 Å². The van der Waals surface area contributed by atoms with Crippen LogP contribution in [0.3, 0.4) is 0 Å². The average molecular weight is 275 g/mol. The van der Waals surface area contributed by atoms with Crippen LogP contribution in [0.5, 0.6) is 0 Å². The van der Waals surface area contributed by atoms with Gasteiger partial charge in [-0.05, 0) is 24.1 Å². The highest BCUT2D eigenvalue weighted by Gasteiger charge is 2.02. The molecule has 1 rings (SSSR count). The molecule has 0 aromatic heterocycles. The fourth-order valence-corrected chi connectivity index (χ4v) is 2.72. The Kier molecular flexibility index (Phi) is 5.41. The van der Waals surface area contributed by atoms with Crippen LogP contribution in [-0.4, -0.2) is 9.96 Å². The molecule has 0 aliphatic rings. The van der Waals surface area contributed by atoms with Crippen LogP contribution in [0.1, 0.15) is 25.3 Å². The molecule has 14 heavy (non-hydrogen) atoms. The molecule has 78 valence electrons. The Morgan fingerprint density at radius 1 is 1.29 bits per heavy atom. The molecule has 1 unspecified atom stereocenters. The zero-order chi connectivity index (χ0) is 10.4. The van der Waals surface area contributed by atoms with Crippen molar-refractivity contribution in [2.45, 2.75) is 30.0 Å². The quantitative estimate of drug-likeness (QED) is 0.752. The van der Waals surface area contributed by atoms with E-state index in [4.69, 9.17) is 0 Å². The molecule has 0 saturated carbocycles. The molecule has 0 aliphatic carbocycles. The van der Waals surface area contributed by atoms with Crippen molar-refractivity contribution in [1.82, 2.24) is 0 Å². The van der Waals surface area contributed by atoms with Gasteiger partial charge in [0.25, 0.3) is 0 Å². The van der Waals surface area contributed by atoms with E-state index in [1.807, 2.05) is 24.3 Å². The summed E-state index contributed by atoms with van der Waals surface area (Å²) in [6.07, 6.45) is 2.14. The van der Waals surface area contributed by atoms with Gasteiger partial charge in [-0.15, -0.1) is 0 Å². The molecule has 0 aliphatic heterocycles. The number of alkyl halides is 1. The number of hydrogen-bond donors (Lipinski definition) is 0. The Balaban J connectivity index is 2.62. The number of hydrogen-bond acceptors (Lipinski definition) is 1. The topological polar surface area (TPSA) is 17.1 Å². The maximum atomic E-state index is 11.7. The van der Waals surface area contributed by atoms with Crippen LogP contribution < -0.4 is 0 Å². The van der Waals surface area contributed by atoms with Gasteiger partial charge in [-0.3, -0.25) is 4.21 Å². The highest BCUT2D eigenvalue weighted by atomic mass is 79.9. The first kappa shape index (κ1) is 11.9. The maximum Gasteiger partial charge on any atom is 0.0529 e. The Bertz CT molecular complexity index is 295. The van der Waals surface area contributed by atoms with Gasteiger partial charge in [0.15, 0.2) is 0 Å². The van der Waals surface area contributed by atoms with E-state index in [2.05, 4.69) is 22.9 Å². The minimum absolute atomic E-state index is 0.782. The molecule has 1 aromatic rings. The number of unbranched alkanes of at least 4 members (excludes halogenated alkanes) is 1. The summed E-state index contributed by atoms with van der Waals surface area (Å²) in [5.74, 6) is 0.782. The van der Waals surface area contributed by atoms with Crippen molar-refractivity contribution in [2.75, 3.05) is 5.75 Å². The molecule has 0 radical (unpaired) electrons. The summed E-state index contributed by atoms with van der Waals surface area (Å²) in [4.78, 5) is 0.947. The molecule has 0 saturated heterocycles. The molecule has 0 fully saturated rings. The summed E-state index contributed by atoms with van der Waals surface area (Å²) in [7, 11) is -0.809. The van der Waals surface area contributed by atoms with Gasteiger partial charge in [0.1, 0.15) is 0 Å². The van der Waals surface area contributed by atoms with Crippen molar-refractivity contribution < 1.29 is 4.21 Å². The van der Waals surface area contributed by atoms with E-state index in [0.29, 0.717) is 0 Å². The molecule has 0 bridgehead atoms. The van der Waals surface area contributed by atoms with E-state index in [1.165, 1.54) is 5.56 Å². The molecule has 3 heteroatoms. The molecule has 1 atom stereocenters. The van der Waals surface area contributed by atoms with Gasteiger partial charge in [0.05, 0.1) is 10.8 Å². The fourth-order valence-electron chi connectivity index (χ4n) is 1.12. The second-order valence-corrected chi connectivity index (χ2v) is 5.31. The molecule has 0 heterocycles. The summed E-state index contributed by atoms with van der Waals surface area (Å²) in [6, 6.07) is 7.96. The highest BCUT2D eigenvalue weighted by Crippen LogP contribution is 2.12. The van der Waals surface area contributed by atoms with Gasteiger partial charge >= 0.3 is 0 Å². The summed E-state index contributed by atoms with van der Waals surface area (Å²) < 4.78 is 11.7. The SMILES string of the molecule is CCCCS(=O)c1ccc(CBr)cc1. The van der Waals surface area contributed by atoms with Gasteiger partial charge in [-0.25, -0.2) is 0 Å². The number of halogens is 1. The van der Waals surface area contributed by atoms with Crippen LogP contribution in [0.25, 0.3) is 0 Å². The first-order valence-corrected chi connectivity index (χ1v) is 7.25. The molecule has 0 spiro atoms. The number of benzene rings is 1. The van der Waals surface area contributed by atoms with E-state index in [0.717, 1.165) is 28.8 Å². The van der Waals surface area contributed by atoms with Crippen LogP contribution in [0, 0.1) is 0 Å². The van der Waals surface area contributed by atoms with Gasteiger partial charge in [0.2, 0.25) is 0 Å². The molecule has 0 amide bonds. The van der Waals surface area contributed by atoms with Crippen molar-refractivity contribution >= 4 is 26.7 Å². The lowest BCUT2D eigenvalue weighted by Crippen LogP contribution is -1.97. The average Bonchev–Trinajstić information content (AvgIpc) is 2.26. The predicted molar refractivity (Wildman–Crippen MR) is 65.3 cm³/mol. The van der Waals surface area contributed by atoms with Crippen molar-refractivity contribution in [2.24, 2.45) is 0 Å². The Labute approximate surface area is 96.5 Å². The van der Waals surface area contributed by atoms with Crippen LogP contribution >= 0.6 is 15.9 Å². The lowest BCUT2D eigenvalue weighted by molar-refractivity contribution is 0.679. The minimum Gasteiger partial charge on any atom is -0.254 e. The van der Waals surface area contributed by atoms with Crippen LogP contribution in [0.2, 0.25) is 0 Å². The first-order valence-electron chi connectivity index (χ1n) is 4.81. The van der Waals surface area contributed by atoms with Gasteiger partial charge < -0.3 is 0 Å². The van der Waals surface area contributed by atoms with Crippen molar-refractivity contribution in [1.29, 1.82) is 0 Å². The normalized spacial score (nSPS) is 12.7. The third-order valence-corrected chi connectivity index (χ3v) is 4.13. The summed E-state index contributed by atoms with van der Waals surface area (Å²) in [5, 5.41) is 0.856. The third-order valence-electron chi connectivity index (χ3n) is 2.02. The van der Waals surface area contributed by atoms with Crippen LogP contribution in [-0.2, 0) is 16.1 Å². The summed E-state index contributed by atoms with van der Waals surface area (Å²) >= 11 is 3.39. The second kappa shape index (κ2) is 6.36. The lowest BCUT2D eigenvalue weighted by Gasteiger charge is -2.01. The molecule has 1 aromatic carbocycles. The van der Waals surface area contributed by atoms with Gasteiger partial charge in [0, 0.05) is 16.0 Å². The van der Waals surface area contributed by atoms with Crippen molar-refractivity contribution in [3.63, 3.8) is 0 Å². The maximum absolute atomic E-state index is 11.7. The second-order valence-electron chi connectivity index (χ2n) is 3.18. The standard InChI is InChI=1S/C11H15BrOS/c1-2-3-8-14(13)11-6-4-10(9-12)5-7-11/h4-7H,2-3,8-9H2,1H3. The minimum atomic E-state index is -0.809. The zero-order valence-corrected chi connectivity index (χ0v) is 10.7. The molecular formula is C11H15BrOS. The monoisotopic (exact) mass is 274 g/mol. The Morgan fingerprint density at radius 3 is 2.43 bits per heavy atom. The van der Waals surface area contributed by atoms with Crippen molar-refractivity contribution in [3.05, 3.63) is 29.8 Å². The zero-order valence-electron chi connectivity index (χ0n) is 8.33. The molecule has 0 N–H and O–H groups in total. The van der Waals surface area contributed by atoms with Crippen LogP contribution in [0.15, 0.2) is 29.2 Å².